The van der Waals surface area contributed by atoms with E-state index in [0.717, 1.165) is 26.1 Å². The third kappa shape index (κ3) is 15.2. The van der Waals surface area contributed by atoms with Gasteiger partial charge in [-0.2, -0.15) is 0 Å². The molecular weight excluding hydrogens is 351 g/mol. The number of ether oxygens (including phenoxy) is 4. The minimum Gasteiger partial charge on any atom is -0.355 e. The summed E-state index contributed by atoms with van der Waals surface area (Å²) in [7, 11) is 0. The molecule has 0 aromatic rings. The summed E-state index contributed by atoms with van der Waals surface area (Å²) in [6, 6.07) is 0. The second-order valence-electron chi connectivity index (χ2n) is 6.47. The van der Waals surface area contributed by atoms with Crippen molar-refractivity contribution in [1.82, 2.24) is 0 Å². The van der Waals surface area contributed by atoms with Gasteiger partial charge in [-0.3, -0.25) is 0 Å². The summed E-state index contributed by atoms with van der Waals surface area (Å²) in [5, 5.41) is 0. The smallest absolute Gasteiger partial charge is 0.355 e. The van der Waals surface area contributed by atoms with Crippen LogP contribution in [0.25, 0.3) is 0 Å². The van der Waals surface area contributed by atoms with Gasteiger partial charge in [0.25, 0.3) is 0 Å². The van der Waals surface area contributed by atoms with Crippen LogP contribution in [0.1, 0.15) is 52.4 Å². The zero-order chi connectivity index (χ0) is 16.2. The van der Waals surface area contributed by atoms with Gasteiger partial charge in [-0.25, -0.2) is 0 Å². The van der Waals surface area contributed by atoms with Crippen LogP contribution in [0.15, 0.2) is 0 Å². The Hall–Kier alpha value is 0.957. The van der Waals surface area contributed by atoms with E-state index in [9.17, 15) is 0 Å². The topological polar surface area (TPSA) is 36.9 Å². The first-order chi connectivity index (χ1) is 10.6. The van der Waals surface area contributed by atoms with Gasteiger partial charge in [0.15, 0.2) is 12.6 Å². The fraction of sp³-hybridized carbons (Fsp3) is 0.889. The Balaban J connectivity index is 0. The van der Waals surface area contributed by atoms with E-state index in [4.69, 9.17) is 18.9 Å². The van der Waals surface area contributed by atoms with E-state index in [1.165, 1.54) is 25.7 Å². The monoisotopic (exact) mass is 384 g/mol. The van der Waals surface area contributed by atoms with Crippen LogP contribution < -0.4 is 18.9 Å². The SMILES string of the molecule is [CH2-]C(C)COC1CCCCO1.[CH2-]C(C)COC1CCCCO1.[Cu+].[Li+]. The van der Waals surface area contributed by atoms with Crippen molar-refractivity contribution in [3.8, 4) is 0 Å². The predicted molar refractivity (Wildman–Crippen MR) is 88.1 cm³/mol. The minimum atomic E-state index is 0. The summed E-state index contributed by atoms with van der Waals surface area (Å²) in [6.07, 6.45) is 7.02. The van der Waals surface area contributed by atoms with Crippen molar-refractivity contribution in [2.75, 3.05) is 26.4 Å². The largest absolute Gasteiger partial charge is 1.00 e. The molecule has 0 saturated carbocycles. The van der Waals surface area contributed by atoms with Gasteiger partial charge in [0.2, 0.25) is 0 Å². The quantitative estimate of drug-likeness (QED) is 0.505. The molecule has 0 spiro atoms. The fourth-order valence-corrected chi connectivity index (χ4v) is 2.23. The summed E-state index contributed by atoms with van der Waals surface area (Å²) in [4.78, 5) is 0. The molecule has 0 amide bonds. The van der Waals surface area contributed by atoms with Gasteiger partial charge in [0, 0.05) is 26.4 Å². The first kappa shape index (κ1) is 27.2. The molecule has 2 fully saturated rings. The van der Waals surface area contributed by atoms with Crippen LogP contribution in [-0.2, 0) is 36.0 Å². The Morgan fingerprint density at radius 3 is 1.46 bits per heavy atom. The molecule has 0 radical (unpaired) electrons. The second-order valence-corrected chi connectivity index (χ2v) is 6.47. The van der Waals surface area contributed by atoms with E-state index < -0.39 is 0 Å². The van der Waals surface area contributed by atoms with Gasteiger partial charge in [-0.15, -0.1) is 11.8 Å². The van der Waals surface area contributed by atoms with Crippen LogP contribution in [-0.4, -0.2) is 39.0 Å². The number of hydrogen-bond acceptors (Lipinski definition) is 4. The van der Waals surface area contributed by atoms with Gasteiger partial charge in [-0.05, 0) is 38.5 Å². The van der Waals surface area contributed by atoms with Crippen molar-refractivity contribution in [3.05, 3.63) is 13.8 Å². The van der Waals surface area contributed by atoms with Gasteiger partial charge >= 0.3 is 35.9 Å². The Morgan fingerprint density at radius 1 is 0.833 bits per heavy atom. The molecule has 2 rings (SSSR count). The Labute approximate surface area is 171 Å². The van der Waals surface area contributed by atoms with Crippen LogP contribution in [0.4, 0.5) is 0 Å². The average molecular weight is 385 g/mol. The van der Waals surface area contributed by atoms with E-state index >= 15 is 0 Å². The van der Waals surface area contributed by atoms with E-state index in [-0.39, 0.29) is 48.5 Å². The summed E-state index contributed by atoms with van der Waals surface area (Å²) < 4.78 is 21.7. The van der Waals surface area contributed by atoms with Crippen LogP contribution in [0.2, 0.25) is 0 Å². The number of hydrogen-bond donors (Lipinski definition) is 0. The Kier molecular flexibility index (Phi) is 19.7. The van der Waals surface area contributed by atoms with Crippen molar-refractivity contribution in [1.29, 1.82) is 0 Å². The maximum absolute atomic E-state index is 5.46. The van der Waals surface area contributed by atoms with Gasteiger partial charge in [-0.1, -0.05) is 13.8 Å². The molecule has 142 valence electrons. The molecule has 24 heavy (non-hydrogen) atoms. The normalized spacial score (nSPS) is 26.0. The molecule has 4 atom stereocenters. The van der Waals surface area contributed by atoms with E-state index in [1.54, 1.807) is 0 Å². The van der Waals surface area contributed by atoms with Crippen LogP contribution >= 0.6 is 0 Å². The molecule has 0 aliphatic carbocycles. The average Bonchev–Trinajstić information content (AvgIpc) is 2.53. The van der Waals surface area contributed by atoms with E-state index in [1.807, 2.05) is 13.8 Å². The maximum atomic E-state index is 5.46. The molecule has 0 N–H and O–H groups in total. The molecule has 2 heterocycles. The molecule has 2 saturated heterocycles. The first-order valence-corrected chi connectivity index (χ1v) is 8.70. The van der Waals surface area contributed by atoms with Crippen molar-refractivity contribution in [2.24, 2.45) is 11.8 Å². The van der Waals surface area contributed by atoms with Crippen molar-refractivity contribution >= 4 is 0 Å². The van der Waals surface area contributed by atoms with Crippen LogP contribution in [0.3, 0.4) is 0 Å². The molecule has 2 aliphatic rings. The number of rotatable bonds is 6. The molecular formula is C18H34CuLiO4. The van der Waals surface area contributed by atoms with Crippen molar-refractivity contribution < 1.29 is 54.9 Å². The van der Waals surface area contributed by atoms with Gasteiger partial charge < -0.3 is 32.8 Å². The standard InChI is InChI=1S/2C9H17O2.Cu.Li/c2*1-8(2)7-11-9-5-3-4-6-10-9;;/h2*8-9H,1,3-7H2,2H3;;/q2*-1;2*+1. The Bertz CT molecular complexity index is 229. The second kappa shape index (κ2) is 17.4. The molecule has 0 aromatic carbocycles. The predicted octanol–water partition coefficient (Wildman–Crippen LogP) is 1.00. The zero-order valence-corrected chi connectivity index (χ0v) is 16.7. The molecule has 6 heteroatoms. The van der Waals surface area contributed by atoms with Crippen molar-refractivity contribution in [2.45, 2.75) is 65.0 Å². The molecule has 2 aliphatic heterocycles. The van der Waals surface area contributed by atoms with Crippen LogP contribution in [0, 0.1) is 25.7 Å². The van der Waals surface area contributed by atoms with Gasteiger partial charge in [0.1, 0.15) is 0 Å². The summed E-state index contributed by atoms with van der Waals surface area (Å²) >= 11 is 0. The van der Waals surface area contributed by atoms with Crippen molar-refractivity contribution in [3.63, 3.8) is 0 Å². The third-order valence-electron chi connectivity index (χ3n) is 3.41. The maximum Gasteiger partial charge on any atom is 1.00 e. The van der Waals surface area contributed by atoms with Crippen LogP contribution in [0.5, 0.6) is 0 Å². The van der Waals surface area contributed by atoms with E-state index in [0.29, 0.717) is 25.0 Å². The molecule has 4 unspecified atom stereocenters. The summed E-state index contributed by atoms with van der Waals surface area (Å²) in [5.41, 5.74) is 0. The van der Waals surface area contributed by atoms with E-state index in [2.05, 4.69) is 13.8 Å². The minimum absolute atomic E-state index is 0. The summed E-state index contributed by atoms with van der Waals surface area (Å²) in [6.45, 7) is 14.9. The molecule has 0 bridgehead atoms. The third-order valence-corrected chi connectivity index (χ3v) is 3.41. The first-order valence-electron chi connectivity index (χ1n) is 8.70. The zero-order valence-electron chi connectivity index (χ0n) is 15.7. The molecule has 4 nitrogen and oxygen atoms in total. The summed E-state index contributed by atoms with van der Waals surface area (Å²) in [5.74, 6) is 0.723. The fourth-order valence-electron chi connectivity index (χ4n) is 2.23. The van der Waals surface area contributed by atoms with Gasteiger partial charge in [0.05, 0.1) is 0 Å². The molecule has 0 aromatic heterocycles. The Morgan fingerprint density at radius 2 is 1.21 bits per heavy atom.